The standard InChI is InChI=1S/C16H8F4N2/c17-11-7-13(19)15(21)5-9(11)3-1-2-4-10-6-16(22)14(20)8-12(10)18/h5-8H,21-22H2. The second-order valence-corrected chi connectivity index (χ2v) is 4.21. The normalized spacial score (nSPS) is 9.45. The minimum atomic E-state index is -0.891. The third-order valence-electron chi connectivity index (χ3n) is 2.63. The Hall–Kier alpha value is -3.12. The molecule has 0 atom stereocenters. The Morgan fingerprint density at radius 3 is 1.32 bits per heavy atom. The van der Waals surface area contributed by atoms with Crippen molar-refractivity contribution in [2.45, 2.75) is 0 Å². The maximum Gasteiger partial charge on any atom is 0.149 e. The first-order chi connectivity index (χ1) is 10.4. The Bertz CT molecular complexity index is 794. The average molecular weight is 304 g/mol. The summed E-state index contributed by atoms with van der Waals surface area (Å²) in [5.74, 6) is 5.62. The van der Waals surface area contributed by atoms with Crippen LogP contribution in [0, 0.1) is 47.0 Å². The molecule has 6 heteroatoms. The van der Waals surface area contributed by atoms with Gasteiger partial charge in [0.15, 0.2) is 0 Å². The molecule has 0 spiro atoms. The molecule has 0 radical (unpaired) electrons. The van der Waals surface area contributed by atoms with Gasteiger partial charge in [-0.15, -0.1) is 0 Å². The summed E-state index contributed by atoms with van der Waals surface area (Å²) < 4.78 is 52.7. The number of hydrogen-bond acceptors (Lipinski definition) is 2. The van der Waals surface area contributed by atoms with Crippen LogP contribution in [0.25, 0.3) is 0 Å². The van der Waals surface area contributed by atoms with Crippen molar-refractivity contribution in [3.63, 3.8) is 0 Å². The zero-order valence-corrected chi connectivity index (χ0v) is 11.0. The SMILES string of the molecule is Nc1cc(C#CC#Cc2cc(N)c(F)cc2F)c(F)cc1F. The molecule has 0 aliphatic heterocycles. The number of halogens is 4. The smallest absolute Gasteiger partial charge is 0.149 e. The number of nitrogens with two attached hydrogens (primary N) is 2. The fraction of sp³-hybridized carbons (Fsp3) is 0. The Morgan fingerprint density at radius 1 is 0.591 bits per heavy atom. The highest BCUT2D eigenvalue weighted by molar-refractivity contribution is 5.53. The van der Waals surface area contributed by atoms with Crippen molar-refractivity contribution in [3.8, 4) is 23.7 Å². The van der Waals surface area contributed by atoms with Gasteiger partial charge in [0.2, 0.25) is 0 Å². The van der Waals surface area contributed by atoms with E-state index >= 15 is 0 Å². The lowest BCUT2D eigenvalue weighted by atomic mass is 10.1. The second-order valence-electron chi connectivity index (χ2n) is 4.21. The molecule has 2 aromatic carbocycles. The van der Waals surface area contributed by atoms with Crippen LogP contribution in [0.3, 0.4) is 0 Å². The van der Waals surface area contributed by atoms with Gasteiger partial charge < -0.3 is 11.5 Å². The van der Waals surface area contributed by atoms with E-state index in [1.54, 1.807) is 0 Å². The van der Waals surface area contributed by atoms with E-state index in [1.807, 2.05) is 0 Å². The van der Waals surface area contributed by atoms with E-state index < -0.39 is 23.3 Å². The maximum atomic E-state index is 13.4. The van der Waals surface area contributed by atoms with Gasteiger partial charge in [-0.3, -0.25) is 0 Å². The number of anilines is 2. The van der Waals surface area contributed by atoms with Gasteiger partial charge in [0, 0.05) is 12.1 Å². The summed E-state index contributed by atoms with van der Waals surface area (Å²) in [6, 6.07) is 3.26. The highest BCUT2D eigenvalue weighted by Crippen LogP contribution is 2.16. The first-order valence-corrected chi connectivity index (χ1v) is 5.89. The van der Waals surface area contributed by atoms with Gasteiger partial charge in [-0.2, -0.15) is 0 Å². The van der Waals surface area contributed by atoms with Gasteiger partial charge in [0.1, 0.15) is 23.3 Å². The molecule has 110 valence electrons. The van der Waals surface area contributed by atoms with E-state index in [0.29, 0.717) is 12.1 Å². The van der Waals surface area contributed by atoms with Crippen molar-refractivity contribution in [1.82, 2.24) is 0 Å². The summed E-state index contributed by atoms with van der Waals surface area (Å²) in [5.41, 5.74) is 9.78. The molecule has 2 rings (SSSR count). The monoisotopic (exact) mass is 304 g/mol. The second kappa shape index (κ2) is 6.11. The van der Waals surface area contributed by atoms with Crippen molar-refractivity contribution in [2.24, 2.45) is 0 Å². The van der Waals surface area contributed by atoms with Crippen LogP contribution >= 0.6 is 0 Å². The number of nitrogen functional groups attached to an aromatic ring is 2. The lowest BCUT2D eigenvalue weighted by Crippen LogP contribution is -1.94. The summed E-state index contributed by atoms with van der Waals surface area (Å²) in [5, 5.41) is 0. The topological polar surface area (TPSA) is 52.0 Å². The van der Waals surface area contributed by atoms with E-state index in [4.69, 9.17) is 11.5 Å². The molecule has 0 bridgehead atoms. The zero-order chi connectivity index (χ0) is 16.3. The molecular weight excluding hydrogens is 296 g/mol. The molecule has 0 aliphatic rings. The number of hydrogen-bond donors (Lipinski definition) is 2. The van der Waals surface area contributed by atoms with Crippen LogP contribution in [0.5, 0.6) is 0 Å². The molecule has 0 saturated heterocycles. The van der Waals surface area contributed by atoms with Crippen LogP contribution in [-0.2, 0) is 0 Å². The summed E-state index contributed by atoms with van der Waals surface area (Å²) in [6.07, 6.45) is 0. The summed E-state index contributed by atoms with van der Waals surface area (Å²) in [4.78, 5) is 0. The van der Waals surface area contributed by atoms with Gasteiger partial charge in [0.25, 0.3) is 0 Å². The van der Waals surface area contributed by atoms with E-state index in [-0.39, 0.29) is 22.5 Å². The molecule has 4 N–H and O–H groups in total. The molecule has 0 fully saturated rings. The fourth-order valence-electron chi connectivity index (χ4n) is 1.52. The molecule has 0 amide bonds. The minimum Gasteiger partial charge on any atom is -0.396 e. The predicted molar refractivity (Wildman–Crippen MR) is 75.3 cm³/mol. The molecule has 2 aromatic rings. The Balaban J connectivity index is 2.30. The van der Waals surface area contributed by atoms with Crippen LogP contribution < -0.4 is 11.5 Å². The van der Waals surface area contributed by atoms with E-state index in [0.717, 1.165) is 12.1 Å². The summed E-state index contributed by atoms with van der Waals surface area (Å²) in [7, 11) is 0. The third kappa shape index (κ3) is 3.31. The Morgan fingerprint density at radius 2 is 0.955 bits per heavy atom. The molecule has 0 aliphatic carbocycles. The minimum absolute atomic E-state index is 0.146. The van der Waals surface area contributed by atoms with E-state index in [9.17, 15) is 17.6 Å². The third-order valence-corrected chi connectivity index (χ3v) is 2.63. The molecule has 0 saturated carbocycles. The average Bonchev–Trinajstić information content (AvgIpc) is 2.45. The van der Waals surface area contributed by atoms with Crippen LogP contribution in [-0.4, -0.2) is 0 Å². The van der Waals surface area contributed by atoms with Crippen LogP contribution in [0.15, 0.2) is 24.3 Å². The van der Waals surface area contributed by atoms with E-state index in [1.165, 1.54) is 0 Å². The molecule has 22 heavy (non-hydrogen) atoms. The molecule has 0 aromatic heterocycles. The van der Waals surface area contributed by atoms with Crippen molar-refractivity contribution in [2.75, 3.05) is 11.5 Å². The number of rotatable bonds is 0. The predicted octanol–water partition coefficient (Wildman–Crippen LogP) is 2.81. The van der Waals surface area contributed by atoms with Gasteiger partial charge in [-0.25, -0.2) is 17.6 Å². The largest absolute Gasteiger partial charge is 0.396 e. The molecular formula is C16H8F4N2. The highest BCUT2D eigenvalue weighted by atomic mass is 19.1. The van der Waals surface area contributed by atoms with Crippen molar-refractivity contribution < 1.29 is 17.6 Å². The van der Waals surface area contributed by atoms with Crippen LogP contribution in [0.2, 0.25) is 0 Å². The lowest BCUT2D eigenvalue weighted by Gasteiger charge is -1.98. The molecule has 0 unspecified atom stereocenters. The Labute approximate surface area is 123 Å². The van der Waals surface area contributed by atoms with Crippen molar-refractivity contribution in [3.05, 3.63) is 58.7 Å². The lowest BCUT2D eigenvalue weighted by molar-refractivity contribution is 0.583. The van der Waals surface area contributed by atoms with Gasteiger partial charge in [0.05, 0.1) is 22.5 Å². The van der Waals surface area contributed by atoms with Gasteiger partial charge in [-0.1, -0.05) is 0 Å². The quantitative estimate of drug-likeness (QED) is 0.447. The molecule has 0 heterocycles. The summed E-state index contributed by atoms with van der Waals surface area (Å²) in [6.45, 7) is 0. The molecule has 2 nitrogen and oxygen atoms in total. The highest BCUT2D eigenvalue weighted by Gasteiger charge is 2.06. The zero-order valence-electron chi connectivity index (χ0n) is 11.0. The Kier molecular flexibility index (Phi) is 4.24. The van der Waals surface area contributed by atoms with Crippen molar-refractivity contribution in [1.29, 1.82) is 0 Å². The van der Waals surface area contributed by atoms with Crippen LogP contribution in [0.1, 0.15) is 11.1 Å². The number of benzene rings is 2. The van der Waals surface area contributed by atoms with E-state index in [2.05, 4.69) is 23.7 Å². The van der Waals surface area contributed by atoms with Crippen LogP contribution in [0.4, 0.5) is 28.9 Å². The maximum absolute atomic E-state index is 13.4. The first kappa shape index (κ1) is 15.3. The van der Waals surface area contributed by atoms with Gasteiger partial charge in [-0.05, 0) is 35.8 Å². The van der Waals surface area contributed by atoms with Crippen molar-refractivity contribution >= 4 is 11.4 Å². The first-order valence-electron chi connectivity index (χ1n) is 5.89. The van der Waals surface area contributed by atoms with Gasteiger partial charge >= 0.3 is 0 Å². The fourth-order valence-corrected chi connectivity index (χ4v) is 1.52. The summed E-state index contributed by atoms with van der Waals surface area (Å²) >= 11 is 0.